The van der Waals surface area contributed by atoms with Gasteiger partial charge in [-0.15, -0.1) is 11.8 Å². The Morgan fingerprint density at radius 2 is 2.05 bits per heavy atom. The number of aromatic hydroxyl groups is 1. The molecule has 3 N–H and O–H groups in total. The number of thioether (sulfide) groups is 1. The van der Waals surface area contributed by atoms with E-state index in [9.17, 15) is 9.90 Å². The van der Waals surface area contributed by atoms with Crippen LogP contribution >= 0.6 is 11.8 Å². The number of aliphatic carboxylic acids is 1. The number of carboxylic acids is 1. The fourth-order valence-corrected chi connectivity index (χ4v) is 3.64. The molecule has 2 aromatic carbocycles. The van der Waals surface area contributed by atoms with Crippen molar-refractivity contribution in [3.05, 3.63) is 42.0 Å². The van der Waals surface area contributed by atoms with Crippen molar-refractivity contribution in [2.24, 2.45) is 0 Å². The largest absolute Gasteiger partial charge is 0.508 e. The Morgan fingerprint density at radius 1 is 1.26 bits per heavy atom. The summed E-state index contributed by atoms with van der Waals surface area (Å²) in [6.07, 6.45) is 0. The summed E-state index contributed by atoms with van der Waals surface area (Å²) in [6, 6.07) is 10.7. The molecule has 3 rings (SSSR count). The van der Waals surface area contributed by atoms with Crippen molar-refractivity contribution < 1.29 is 15.0 Å². The molecule has 2 atom stereocenters. The predicted molar refractivity (Wildman–Crippen MR) is 75.4 cm³/mol. The van der Waals surface area contributed by atoms with Gasteiger partial charge in [-0.25, -0.2) is 0 Å². The highest BCUT2D eigenvalue weighted by Gasteiger charge is 2.32. The molecule has 0 unspecified atom stereocenters. The maximum Gasteiger partial charge on any atom is 0.321 e. The highest BCUT2D eigenvalue weighted by molar-refractivity contribution is 7.99. The molecular formula is C14H13NO3S. The summed E-state index contributed by atoms with van der Waals surface area (Å²) in [6.45, 7) is 0. The second-order valence-electron chi connectivity index (χ2n) is 4.49. The first-order valence-electron chi connectivity index (χ1n) is 5.98. The van der Waals surface area contributed by atoms with Crippen molar-refractivity contribution in [3.8, 4) is 5.75 Å². The topological polar surface area (TPSA) is 69.6 Å². The van der Waals surface area contributed by atoms with Crippen LogP contribution in [0.1, 0.15) is 10.9 Å². The van der Waals surface area contributed by atoms with Crippen molar-refractivity contribution in [2.75, 3.05) is 5.75 Å². The number of phenols is 1. The quantitative estimate of drug-likeness (QED) is 0.785. The summed E-state index contributed by atoms with van der Waals surface area (Å²) in [5, 5.41) is 24.0. The number of fused-ring (bicyclic) bond motifs is 1. The minimum atomic E-state index is -0.852. The van der Waals surface area contributed by atoms with Crippen LogP contribution in [0.2, 0.25) is 0 Å². The third kappa shape index (κ3) is 2.15. The lowest BCUT2D eigenvalue weighted by Crippen LogP contribution is -2.33. The van der Waals surface area contributed by atoms with E-state index in [-0.39, 0.29) is 11.1 Å². The van der Waals surface area contributed by atoms with Crippen LogP contribution in [0.3, 0.4) is 0 Å². The van der Waals surface area contributed by atoms with Crippen LogP contribution in [0, 0.1) is 0 Å². The number of carboxylic acid groups (broad SMARTS) is 1. The van der Waals surface area contributed by atoms with Gasteiger partial charge in [0.1, 0.15) is 11.8 Å². The molecule has 19 heavy (non-hydrogen) atoms. The molecule has 1 saturated heterocycles. The lowest BCUT2D eigenvalue weighted by molar-refractivity contribution is -0.138. The molecule has 0 saturated carbocycles. The van der Waals surface area contributed by atoms with Gasteiger partial charge in [-0.1, -0.05) is 30.3 Å². The molecule has 1 heterocycles. The van der Waals surface area contributed by atoms with Crippen LogP contribution in [0.25, 0.3) is 10.8 Å². The molecule has 2 aromatic rings. The Hall–Kier alpha value is -1.72. The van der Waals surface area contributed by atoms with Crippen LogP contribution in [-0.4, -0.2) is 28.0 Å². The molecule has 0 bridgehead atoms. The monoisotopic (exact) mass is 275 g/mol. The Balaban J connectivity index is 2.05. The number of carbonyl (C=O) groups is 1. The number of rotatable bonds is 2. The van der Waals surface area contributed by atoms with Crippen molar-refractivity contribution in [1.82, 2.24) is 5.32 Å². The van der Waals surface area contributed by atoms with Crippen LogP contribution in [0.4, 0.5) is 0 Å². The number of benzene rings is 2. The van der Waals surface area contributed by atoms with Gasteiger partial charge in [0.05, 0.1) is 5.37 Å². The van der Waals surface area contributed by atoms with E-state index in [0.717, 1.165) is 16.3 Å². The van der Waals surface area contributed by atoms with Gasteiger partial charge >= 0.3 is 5.97 Å². The summed E-state index contributed by atoms with van der Waals surface area (Å²) < 4.78 is 0. The predicted octanol–water partition coefficient (Wildman–Crippen LogP) is 2.33. The Labute approximate surface area is 114 Å². The molecule has 1 aliphatic rings. The molecule has 0 radical (unpaired) electrons. The smallest absolute Gasteiger partial charge is 0.321 e. The fraction of sp³-hybridized carbons (Fsp3) is 0.214. The van der Waals surface area contributed by atoms with Gasteiger partial charge in [0, 0.05) is 11.3 Å². The summed E-state index contributed by atoms with van der Waals surface area (Å²) in [5.41, 5.74) is 0.770. The van der Waals surface area contributed by atoms with Gasteiger partial charge in [-0.2, -0.15) is 0 Å². The minimum absolute atomic E-state index is 0.188. The SMILES string of the molecule is O=C(O)[C@@H]1CS[C@@H](c2c(O)ccc3ccccc23)N1. The van der Waals surface area contributed by atoms with E-state index in [0.29, 0.717) is 5.75 Å². The molecule has 1 fully saturated rings. The van der Waals surface area contributed by atoms with Gasteiger partial charge in [0.15, 0.2) is 0 Å². The molecule has 5 heteroatoms. The maximum absolute atomic E-state index is 11.0. The normalized spacial score (nSPS) is 22.7. The number of nitrogens with one attached hydrogen (secondary N) is 1. The van der Waals surface area contributed by atoms with Crippen molar-refractivity contribution in [3.63, 3.8) is 0 Å². The number of phenolic OH excluding ortho intramolecular Hbond substituents is 1. The molecule has 98 valence electrons. The van der Waals surface area contributed by atoms with Crippen LogP contribution in [0.15, 0.2) is 36.4 Å². The number of hydrogen-bond donors (Lipinski definition) is 3. The third-order valence-electron chi connectivity index (χ3n) is 3.29. The Morgan fingerprint density at radius 3 is 2.79 bits per heavy atom. The van der Waals surface area contributed by atoms with Gasteiger partial charge in [-0.05, 0) is 16.8 Å². The van der Waals surface area contributed by atoms with E-state index in [1.807, 2.05) is 30.3 Å². The highest BCUT2D eigenvalue weighted by Crippen LogP contribution is 2.41. The summed E-state index contributed by atoms with van der Waals surface area (Å²) in [7, 11) is 0. The van der Waals surface area contributed by atoms with E-state index in [4.69, 9.17) is 5.11 Å². The van der Waals surface area contributed by atoms with Gasteiger partial charge in [-0.3, -0.25) is 10.1 Å². The lowest BCUT2D eigenvalue weighted by Gasteiger charge is -2.15. The zero-order valence-corrected chi connectivity index (χ0v) is 10.9. The first-order valence-corrected chi connectivity index (χ1v) is 7.03. The maximum atomic E-state index is 11.0. The molecule has 0 aliphatic carbocycles. The van der Waals surface area contributed by atoms with E-state index in [1.165, 1.54) is 11.8 Å². The van der Waals surface area contributed by atoms with Crippen LogP contribution < -0.4 is 5.32 Å². The van der Waals surface area contributed by atoms with Gasteiger partial charge in [0.2, 0.25) is 0 Å². The van der Waals surface area contributed by atoms with Gasteiger partial charge < -0.3 is 10.2 Å². The molecule has 0 aromatic heterocycles. The fourth-order valence-electron chi connectivity index (χ4n) is 2.34. The Bertz CT molecular complexity index is 644. The standard InChI is InChI=1S/C14H13NO3S/c16-11-6-5-8-3-1-2-4-9(8)12(11)13-15-10(7-19-13)14(17)18/h1-6,10,13,15-16H,7H2,(H,17,18)/t10-,13-/m0/s1. The van der Waals surface area contributed by atoms with E-state index >= 15 is 0 Å². The molecule has 0 amide bonds. The zero-order valence-electron chi connectivity index (χ0n) is 10.0. The van der Waals surface area contributed by atoms with E-state index in [2.05, 4.69) is 5.32 Å². The minimum Gasteiger partial charge on any atom is -0.508 e. The van der Waals surface area contributed by atoms with Crippen molar-refractivity contribution >= 4 is 28.5 Å². The molecule has 4 nitrogen and oxygen atoms in total. The third-order valence-corrected chi connectivity index (χ3v) is 4.52. The van der Waals surface area contributed by atoms with E-state index < -0.39 is 12.0 Å². The highest BCUT2D eigenvalue weighted by atomic mass is 32.2. The average Bonchev–Trinajstić information content (AvgIpc) is 2.88. The first-order chi connectivity index (χ1) is 9.16. The van der Waals surface area contributed by atoms with Crippen molar-refractivity contribution in [2.45, 2.75) is 11.4 Å². The average molecular weight is 275 g/mol. The van der Waals surface area contributed by atoms with Crippen LogP contribution in [-0.2, 0) is 4.79 Å². The van der Waals surface area contributed by atoms with E-state index in [1.54, 1.807) is 6.07 Å². The first kappa shape index (κ1) is 12.3. The molecule has 0 spiro atoms. The van der Waals surface area contributed by atoms with Crippen molar-refractivity contribution in [1.29, 1.82) is 0 Å². The van der Waals surface area contributed by atoms with Crippen LogP contribution in [0.5, 0.6) is 5.75 Å². The summed E-state index contributed by atoms with van der Waals surface area (Å²) >= 11 is 1.51. The second-order valence-corrected chi connectivity index (χ2v) is 5.63. The molecular weight excluding hydrogens is 262 g/mol. The number of hydrogen-bond acceptors (Lipinski definition) is 4. The molecule has 1 aliphatic heterocycles. The second kappa shape index (κ2) is 4.75. The van der Waals surface area contributed by atoms with Gasteiger partial charge in [0.25, 0.3) is 0 Å². The Kier molecular flexibility index (Phi) is 3.08. The summed E-state index contributed by atoms with van der Waals surface area (Å²) in [4.78, 5) is 11.0. The summed E-state index contributed by atoms with van der Waals surface area (Å²) in [5.74, 6) is -0.146. The zero-order chi connectivity index (χ0) is 13.4. The lowest BCUT2D eigenvalue weighted by atomic mass is 10.0.